The number of hydrogen-bond donors (Lipinski definition) is 3. The predicted octanol–water partition coefficient (Wildman–Crippen LogP) is 0.979. The summed E-state index contributed by atoms with van der Waals surface area (Å²) >= 11 is 0. The van der Waals surface area contributed by atoms with Crippen molar-refractivity contribution < 1.29 is 4.52 Å². The van der Waals surface area contributed by atoms with Gasteiger partial charge in [0.2, 0.25) is 5.95 Å². The highest BCUT2D eigenvalue weighted by Gasteiger charge is 2.08. The minimum atomic E-state index is 0.369. The number of nitrogens with one attached hydrogen (secondary N) is 2. The van der Waals surface area contributed by atoms with E-state index < -0.39 is 0 Å². The lowest BCUT2D eigenvalue weighted by molar-refractivity contribution is 0.392. The van der Waals surface area contributed by atoms with Gasteiger partial charge in [0.15, 0.2) is 0 Å². The van der Waals surface area contributed by atoms with Gasteiger partial charge in [0, 0.05) is 18.3 Å². The largest absolute Gasteiger partial charge is 0.366 e. The molecule has 4 N–H and O–H groups in total. The van der Waals surface area contributed by atoms with Crippen LogP contribution < -0.4 is 16.6 Å². The summed E-state index contributed by atoms with van der Waals surface area (Å²) in [5.74, 6) is 7.09. The molecule has 0 spiro atoms. The van der Waals surface area contributed by atoms with Gasteiger partial charge < -0.3 is 9.84 Å². The molecule has 0 aliphatic heterocycles. The van der Waals surface area contributed by atoms with E-state index in [0.29, 0.717) is 18.3 Å². The smallest absolute Gasteiger partial charge is 0.239 e. The molecule has 2 heterocycles. The lowest BCUT2D eigenvalue weighted by Crippen LogP contribution is -2.11. The molecule has 0 aromatic carbocycles. The van der Waals surface area contributed by atoms with Gasteiger partial charge in [-0.25, -0.2) is 10.8 Å². The Morgan fingerprint density at radius 3 is 2.88 bits per heavy atom. The molecule has 0 atom stereocenters. The van der Waals surface area contributed by atoms with Crippen LogP contribution in [0.5, 0.6) is 0 Å². The summed E-state index contributed by atoms with van der Waals surface area (Å²) in [6.45, 7) is 4.38. The maximum atomic E-state index is 5.23. The highest BCUT2D eigenvalue weighted by molar-refractivity contribution is 5.40. The van der Waals surface area contributed by atoms with Gasteiger partial charge >= 0.3 is 0 Å². The normalized spacial score (nSPS) is 10.3. The summed E-state index contributed by atoms with van der Waals surface area (Å²) in [6.07, 6.45) is 1.62. The Hall–Kier alpha value is -2.15. The first kappa shape index (κ1) is 11.3. The van der Waals surface area contributed by atoms with Crippen LogP contribution in [0.3, 0.4) is 0 Å². The molecule has 2 aromatic heterocycles. The zero-order valence-electron chi connectivity index (χ0n) is 9.69. The van der Waals surface area contributed by atoms with Gasteiger partial charge in [0.05, 0.1) is 5.69 Å². The first-order valence-electron chi connectivity index (χ1n) is 5.16. The maximum Gasteiger partial charge on any atom is 0.239 e. The highest BCUT2D eigenvalue weighted by Crippen LogP contribution is 2.14. The van der Waals surface area contributed by atoms with Gasteiger partial charge in [0.1, 0.15) is 11.6 Å². The fraction of sp³-hybridized carbons (Fsp3) is 0.300. The van der Waals surface area contributed by atoms with Gasteiger partial charge in [-0.2, -0.15) is 4.98 Å². The van der Waals surface area contributed by atoms with E-state index in [1.807, 2.05) is 13.8 Å². The fourth-order valence-corrected chi connectivity index (χ4v) is 1.46. The third-order valence-corrected chi connectivity index (χ3v) is 2.41. The van der Waals surface area contributed by atoms with E-state index in [2.05, 4.69) is 25.9 Å². The average molecular weight is 234 g/mol. The Balaban J connectivity index is 2.07. The van der Waals surface area contributed by atoms with Crippen molar-refractivity contribution in [2.75, 3.05) is 10.7 Å². The van der Waals surface area contributed by atoms with Crippen LogP contribution in [-0.4, -0.2) is 15.1 Å². The second kappa shape index (κ2) is 4.79. The zero-order chi connectivity index (χ0) is 12.3. The molecule has 17 heavy (non-hydrogen) atoms. The minimum absolute atomic E-state index is 0.369. The number of hydrazine groups is 1. The minimum Gasteiger partial charge on any atom is -0.366 e. The third-order valence-electron chi connectivity index (χ3n) is 2.41. The molecule has 0 radical (unpaired) electrons. The van der Waals surface area contributed by atoms with E-state index in [4.69, 9.17) is 10.4 Å². The summed E-state index contributed by atoms with van der Waals surface area (Å²) in [5, 5.41) is 7.04. The molecule has 90 valence electrons. The number of hydrogen-bond acceptors (Lipinski definition) is 7. The van der Waals surface area contributed by atoms with Gasteiger partial charge in [-0.15, -0.1) is 0 Å². The highest BCUT2D eigenvalue weighted by atomic mass is 16.5. The average Bonchev–Trinajstić information content (AvgIpc) is 2.67. The molecular weight excluding hydrogens is 220 g/mol. The lowest BCUT2D eigenvalue weighted by atomic mass is 10.2. The Morgan fingerprint density at radius 2 is 2.24 bits per heavy atom. The van der Waals surface area contributed by atoms with Gasteiger partial charge in [-0.3, -0.25) is 5.43 Å². The summed E-state index contributed by atoms with van der Waals surface area (Å²) < 4.78 is 5.07. The van der Waals surface area contributed by atoms with Crippen molar-refractivity contribution in [2.24, 2.45) is 5.84 Å². The van der Waals surface area contributed by atoms with Crippen molar-refractivity contribution in [3.05, 3.63) is 29.3 Å². The number of anilines is 2. The molecule has 7 heteroatoms. The van der Waals surface area contributed by atoms with Crippen LogP contribution in [0.4, 0.5) is 11.8 Å². The molecule has 0 bridgehead atoms. The Bertz CT molecular complexity index is 490. The molecule has 0 unspecified atom stereocenters. The first-order valence-corrected chi connectivity index (χ1v) is 5.16. The van der Waals surface area contributed by atoms with Crippen LogP contribution in [-0.2, 0) is 6.54 Å². The second-order valence-corrected chi connectivity index (χ2v) is 3.57. The van der Waals surface area contributed by atoms with Crippen molar-refractivity contribution in [3.8, 4) is 0 Å². The van der Waals surface area contributed by atoms with Crippen LogP contribution in [0.2, 0.25) is 0 Å². The van der Waals surface area contributed by atoms with Crippen LogP contribution in [0.15, 0.2) is 16.8 Å². The maximum absolute atomic E-state index is 5.23. The van der Waals surface area contributed by atoms with E-state index in [1.165, 1.54) is 0 Å². The fourth-order valence-electron chi connectivity index (χ4n) is 1.46. The number of nitrogens with two attached hydrogens (primary N) is 1. The number of nitrogens with zero attached hydrogens (tertiary/aromatic N) is 3. The topological polar surface area (TPSA) is 102 Å². The van der Waals surface area contributed by atoms with Crippen LogP contribution in [0.1, 0.15) is 17.0 Å². The predicted molar refractivity (Wildman–Crippen MR) is 63.1 cm³/mol. The Kier molecular flexibility index (Phi) is 3.20. The summed E-state index contributed by atoms with van der Waals surface area (Å²) in [7, 11) is 0. The quantitative estimate of drug-likeness (QED) is 0.535. The van der Waals surface area contributed by atoms with Crippen LogP contribution in [0, 0.1) is 13.8 Å². The molecule has 0 amide bonds. The summed E-state index contributed by atoms with van der Waals surface area (Å²) in [6, 6.07) is 1.76. The standard InChI is InChI=1S/C10H14N6O/c1-6-8(7(2)17-16-6)5-13-9-3-4-12-10(14-9)15-11/h3-4H,5,11H2,1-2H3,(H2,12,13,14,15). The number of aryl methyl sites for hydroxylation is 2. The molecule has 2 rings (SSSR count). The zero-order valence-corrected chi connectivity index (χ0v) is 9.69. The molecule has 0 aliphatic rings. The molecule has 0 fully saturated rings. The molecule has 0 saturated carbocycles. The molecule has 2 aromatic rings. The Labute approximate surface area is 98.4 Å². The number of aromatic nitrogens is 3. The summed E-state index contributed by atoms with van der Waals surface area (Å²) in [4.78, 5) is 8.06. The van der Waals surface area contributed by atoms with Crippen molar-refractivity contribution >= 4 is 11.8 Å². The first-order chi connectivity index (χ1) is 8.20. The third kappa shape index (κ3) is 2.51. The molecule has 0 aliphatic carbocycles. The summed E-state index contributed by atoms with van der Waals surface area (Å²) in [5.41, 5.74) is 4.30. The molecule has 0 saturated heterocycles. The van der Waals surface area contributed by atoms with E-state index in [-0.39, 0.29) is 0 Å². The van der Waals surface area contributed by atoms with E-state index >= 15 is 0 Å². The van der Waals surface area contributed by atoms with Crippen molar-refractivity contribution in [2.45, 2.75) is 20.4 Å². The number of nitrogen functional groups attached to an aromatic ring is 1. The lowest BCUT2D eigenvalue weighted by Gasteiger charge is -2.06. The second-order valence-electron chi connectivity index (χ2n) is 3.57. The van der Waals surface area contributed by atoms with Gasteiger partial charge in [-0.05, 0) is 19.9 Å². The molecule has 7 nitrogen and oxygen atoms in total. The van der Waals surface area contributed by atoms with Crippen molar-refractivity contribution in [1.82, 2.24) is 15.1 Å². The SMILES string of the molecule is Cc1noc(C)c1CNc1ccnc(NN)n1. The van der Waals surface area contributed by atoms with E-state index in [9.17, 15) is 0 Å². The van der Waals surface area contributed by atoms with E-state index in [1.54, 1.807) is 12.3 Å². The number of rotatable bonds is 4. The van der Waals surface area contributed by atoms with Crippen molar-refractivity contribution in [3.63, 3.8) is 0 Å². The van der Waals surface area contributed by atoms with Crippen molar-refractivity contribution in [1.29, 1.82) is 0 Å². The monoisotopic (exact) mass is 234 g/mol. The van der Waals surface area contributed by atoms with Crippen LogP contribution >= 0.6 is 0 Å². The van der Waals surface area contributed by atoms with Gasteiger partial charge in [0.25, 0.3) is 0 Å². The van der Waals surface area contributed by atoms with E-state index in [0.717, 1.165) is 17.0 Å². The Morgan fingerprint density at radius 1 is 1.41 bits per heavy atom. The van der Waals surface area contributed by atoms with Gasteiger partial charge in [-0.1, -0.05) is 5.16 Å². The molecular formula is C10H14N6O. The van der Waals surface area contributed by atoms with Crippen LogP contribution in [0.25, 0.3) is 0 Å².